The summed E-state index contributed by atoms with van der Waals surface area (Å²) in [5, 5.41) is 0. The van der Waals surface area contributed by atoms with Crippen LogP contribution < -0.4 is 16.2 Å². The largest absolute Gasteiger partial charge is 0.425 e. The zero-order chi connectivity index (χ0) is 24.5. The Bertz CT molecular complexity index is 1010. The van der Waals surface area contributed by atoms with Crippen molar-refractivity contribution in [3.63, 3.8) is 0 Å². The van der Waals surface area contributed by atoms with Crippen molar-refractivity contribution in [2.75, 3.05) is 0 Å². The Hall–Kier alpha value is -1.88. The smallest absolute Gasteiger partial charge is 0.328 e. The van der Waals surface area contributed by atoms with Gasteiger partial charge in [-0.1, -0.05) is 34.1 Å². The van der Waals surface area contributed by atoms with Crippen molar-refractivity contribution >= 4 is 11.9 Å². The van der Waals surface area contributed by atoms with E-state index in [9.17, 15) is 9.59 Å². The molecule has 2 saturated carbocycles. The third kappa shape index (κ3) is 3.53. The van der Waals surface area contributed by atoms with Crippen LogP contribution in [0.1, 0.15) is 94.0 Å². The Kier molecular flexibility index (Phi) is 5.75. The number of nitrogens with two attached hydrogens (primary N) is 2. The second-order valence-electron chi connectivity index (χ2n) is 12.4. The fourth-order valence-electron chi connectivity index (χ4n) is 8.46. The Morgan fingerprint density at radius 2 is 1.67 bits per heavy atom. The van der Waals surface area contributed by atoms with Gasteiger partial charge >= 0.3 is 5.97 Å². The number of hydrogen-bond acceptors (Lipinski definition) is 4. The van der Waals surface area contributed by atoms with Gasteiger partial charge in [0.05, 0.1) is 6.42 Å². The molecular weight excluding hydrogens is 412 g/mol. The maximum atomic E-state index is 12.6. The number of fused-ring (bicyclic) bond motifs is 5. The summed E-state index contributed by atoms with van der Waals surface area (Å²) >= 11 is 0. The van der Waals surface area contributed by atoms with Crippen LogP contribution in [0.5, 0.6) is 5.75 Å². The number of carbonyl (C=O) groups excluding carboxylic acids is 2. The van der Waals surface area contributed by atoms with Crippen molar-refractivity contribution in [2.45, 2.75) is 105 Å². The Labute approximate surface area is 199 Å². The van der Waals surface area contributed by atoms with E-state index in [1.54, 1.807) is 0 Å². The van der Waals surface area contributed by atoms with Gasteiger partial charge in [-0.2, -0.15) is 0 Å². The first-order valence-corrected chi connectivity index (χ1v) is 12.6. The molecule has 5 heteroatoms. The van der Waals surface area contributed by atoms with Gasteiger partial charge in [0.1, 0.15) is 11.8 Å². The number of esters is 1. The zero-order valence-corrected chi connectivity index (χ0v) is 21.6. The van der Waals surface area contributed by atoms with Crippen LogP contribution in [0.25, 0.3) is 0 Å². The van der Waals surface area contributed by atoms with Gasteiger partial charge in [0, 0.05) is 0 Å². The normalized spacial score (nSPS) is 33.0. The van der Waals surface area contributed by atoms with Crippen molar-refractivity contribution < 1.29 is 14.3 Å². The molecule has 0 spiro atoms. The summed E-state index contributed by atoms with van der Waals surface area (Å²) in [6.07, 6.45) is 7.27. The third-order valence-corrected chi connectivity index (χ3v) is 10.1. The maximum absolute atomic E-state index is 12.6. The fourth-order valence-corrected chi connectivity index (χ4v) is 8.46. The lowest BCUT2D eigenvalue weighted by atomic mass is 9.43. The standard InChI is InChI=1S/C28H42N2O3/c1-15-16(2)24(33-25(32)19(29)14-22(30)31)17(3)18-13-21-27(6)11-8-10-26(4,5)20(27)9-12-28(21,7)23(15)18/h19-21H,8-14,29H2,1-7H3,(H2,30,31)/t19?,20?,21-,27+,28?/m1/s1. The first-order chi connectivity index (χ1) is 15.2. The molecule has 1 aromatic rings. The Morgan fingerprint density at radius 1 is 1.00 bits per heavy atom. The van der Waals surface area contributed by atoms with E-state index in [0.717, 1.165) is 23.5 Å². The number of hydrogen-bond donors (Lipinski definition) is 2. The SMILES string of the molecule is Cc1c(C)c2c(c(C)c1OC(=O)C(N)CC(N)=O)C[C@H]1C2(C)CCC2C(C)(C)CCC[C@@]21C. The molecule has 3 unspecified atom stereocenters. The molecule has 33 heavy (non-hydrogen) atoms. The van der Waals surface area contributed by atoms with Gasteiger partial charge in [-0.15, -0.1) is 0 Å². The van der Waals surface area contributed by atoms with Gasteiger partial charge in [0.2, 0.25) is 5.91 Å². The first kappa shape index (κ1) is 24.3. The number of amides is 1. The van der Waals surface area contributed by atoms with Crippen LogP contribution >= 0.6 is 0 Å². The summed E-state index contributed by atoms with van der Waals surface area (Å²) in [6, 6.07) is -1.04. The van der Waals surface area contributed by atoms with E-state index in [1.165, 1.54) is 48.8 Å². The monoisotopic (exact) mass is 454 g/mol. The zero-order valence-electron chi connectivity index (χ0n) is 21.6. The van der Waals surface area contributed by atoms with Crippen LogP contribution in [0.2, 0.25) is 0 Å². The van der Waals surface area contributed by atoms with Crippen molar-refractivity contribution in [1.29, 1.82) is 0 Å². The van der Waals surface area contributed by atoms with Crippen LogP contribution in [0.15, 0.2) is 0 Å². The quantitative estimate of drug-likeness (QED) is 0.506. The Morgan fingerprint density at radius 3 is 2.30 bits per heavy atom. The van der Waals surface area contributed by atoms with E-state index in [1.807, 2.05) is 6.92 Å². The molecule has 5 nitrogen and oxygen atoms in total. The molecule has 1 amide bonds. The topological polar surface area (TPSA) is 95.4 Å². The summed E-state index contributed by atoms with van der Waals surface area (Å²) < 4.78 is 5.82. The summed E-state index contributed by atoms with van der Waals surface area (Å²) in [6.45, 7) is 16.3. The van der Waals surface area contributed by atoms with E-state index >= 15 is 0 Å². The molecular formula is C28H42N2O3. The lowest BCUT2D eigenvalue weighted by Crippen LogP contribution is -2.55. The number of rotatable bonds is 4. The molecule has 0 radical (unpaired) electrons. The highest BCUT2D eigenvalue weighted by Gasteiger charge is 2.61. The number of primary amides is 1. The van der Waals surface area contributed by atoms with Crippen LogP contribution in [0.4, 0.5) is 0 Å². The first-order valence-electron chi connectivity index (χ1n) is 12.6. The summed E-state index contributed by atoms with van der Waals surface area (Å²) in [7, 11) is 0. The molecule has 182 valence electrons. The number of ether oxygens (including phenoxy) is 1. The van der Waals surface area contributed by atoms with Crippen molar-refractivity contribution in [3.8, 4) is 5.75 Å². The third-order valence-electron chi connectivity index (χ3n) is 10.1. The van der Waals surface area contributed by atoms with Crippen molar-refractivity contribution in [1.82, 2.24) is 0 Å². The molecule has 1 aromatic carbocycles. The highest BCUT2D eigenvalue weighted by Crippen LogP contribution is 2.68. The maximum Gasteiger partial charge on any atom is 0.328 e. The van der Waals surface area contributed by atoms with Crippen LogP contribution in [-0.2, 0) is 21.4 Å². The Balaban J connectivity index is 1.76. The minimum Gasteiger partial charge on any atom is -0.425 e. The molecule has 0 heterocycles. The predicted octanol–water partition coefficient (Wildman–Crippen LogP) is 4.78. The van der Waals surface area contributed by atoms with E-state index in [-0.39, 0.29) is 11.8 Å². The van der Waals surface area contributed by atoms with E-state index < -0.39 is 17.9 Å². The minimum atomic E-state index is -1.04. The highest BCUT2D eigenvalue weighted by atomic mass is 16.5. The number of benzene rings is 1. The van der Waals surface area contributed by atoms with Gasteiger partial charge < -0.3 is 16.2 Å². The van der Waals surface area contributed by atoms with E-state index in [4.69, 9.17) is 16.2 Å². The molecule has 3 aliphatic carbocycles. The lowest BCUT2D eigenvalue weighted by Gasteiger charge is -2.61. The fraction of sp³-hybridized carbons (Fsp3) is 0.714. The van der Waals surface area contributed by atoms with Gasteiger partial charge in [0.15, 0.2) is 0 Å². The second-order valence-corrected chi connectivity index (χ2v) is 12.4. The van der Waals surface area contributed by atoms with Gasteiger partial charge in [-0.05, 0) is 109 Å². The average molecular weight is 455 g/mol. The van der Waals surface area contributed by atoms with Crippen molar-refractivity contribution in [3.05, 3.63) is 27.8 Å². The summed E-state index contributed by atoms with van der Waals surface area (Å²) in [4.78, 5) is 23.8. The minimum absolute atomic E-state index is 0.151. The molecule has 0 saturated heterocycles. The second kappa shape index (κ2) is 7.83. The lowest BCUT2D eigenvalue weighted by molar-refractivity contribution is -0.137. The molecule has 0 aromatic heterocycles. The molecule has 4 N–H and O–H groups in total. The summed E-state index contributed by atoms with van der Waals surface area (Å²) in [5.74, 6) is 0.759. The van der Waals surface area contributed by atoms with E-state index in [2.05, 4.69) is 41.5 Å². The molecule has 0 bridgehead atoms. The van der Waals surface area contributed by atoms with Crippen LogP contribution in [0, 0.1) is 43.4 Å². The highest BCUT2D eigenvalue weighted by molar-refractivity contribution is 5.85. The van der Waals surface area contributed by atoms with E-state index in [0.29, 0.717) is 22.5 Å². The molecule has 0 aliphatic heterocycles. The average Bonchev–Trinajstić information content (AvgIpc) is 3.03. The summed E-state index contributed by atoms with van der Waals surface area (Å²) in [5.41, 5.74) is 18.1. The number of carbonyl (C=O) groups is 2. The van der Waals surface area contributed by atoms with Gasteiger partial charge in [-0.3, -0.25) is 4.79 Å². The van der Waals surface area contributed by atoms with Gasteiger partial charge in [0.25, 0.3) is 0 Å². The molecule has 5 atom stereocenters. The molecule has 4 rings (SSSR count). The van der Waals surface area contributed by atoms with Crippen molar-refractivity contribution in [2.24, 2.45) is 34.1 Å². The molecule has 2 fully saturated rings. The van der Waals surface area contributed by atoms with Crippen LogP contribution in [-0.4, -0.2) is 17.9 Å². The van der Waals surface area contributed by atoms with Crippen LogP contribution in [0.3, 0.4) is 0 Å². The predicted molar refractivity (Wildman–Crippen MR) is 131 cm³/mol. The molecule has 3 aliphatic rings. The van der Waals surface area contributed by atoms with Gasteiger partial charge in [-0.25, -0.2) is 4.79 Å².